The molecule has 20 heavy (non-hydrogen) atoms. The summed E-state index contributed by atoms with van der Waals surface area (Å²) in [4.78, 5) is 4.60. The molecule has 2 N–H and O–H groups in total. The van der Waals surface area contributed by atoms with Gasteiger partial charge >= 0.3 is 0 Å². The van der Waals surface area contributed by atoms with Gasteiger partial charge in [-0.05, 0) is 23.8 Å². The van der Waals surface area contributed by atoms with E-state index in [2.05, 4.69) is 4.98 Å². The molecule has 0 unspecified atom stereocenters. The Morgan fingerprint density at radius 1 is 1.20 bits per heavy atom. The number of fused-ring (bicyclic) bond motifs is 1. The molecule has 0 aliphatic heterocycles. The van der Waals surface area contributed by atoms with Gasteiger partial charge in [-0.2, -0.15) is 0 Å². The summed E-state index contributed by atoms with van der Waals surface area (Å²) in [7, 11) is 1.98. The summed E-state index contributed by atoms with van der Waals surface area (Å²) < 4.78 is 15.8. The van der Waals surface area contributed by atoms with Gasteiger partial charge in [0.25, 0.3) is 0 Å². The lowest BCUT2D eigenvalue weighted by molar-refractivity contribution is 0.608. The van der Waals surface area contributed by atoms with Crippen molar-refractivity contribution in [2.45, 2.75) is 13.0 Å². The molecule has 2 aromatic carbocycles. The molecule has 1 heterocycles. The van der Waals surface area contributed by atoms with Gasteiger partial charge in [-0.3, -0.25) is 0 Å². The van der Waals surface area contributed by atoms with E-state index in [4.69, 9.17) is 5.73 Å². The maximum absolute atomic E-state index is 13.8. The SMILES string of the molecule is Cn1c(Cc2ccc(CN)c(F)c2)nc2ccccc21. The fourth-order valence-corrected chi connectivity index (χ4v) is 2.40. The maximum atomic E-state index is 13.8. The zero-order chi connectivity index (χ0) is 14.1. The quantitative estimate of drug-likeness (QED) is 0.794. The van der Waals surface area contributed by atoms with E-state index in [1.807, 2.05) is 41.9 Å². The number of nitrogens with zero attached hydrogens (tertiary/aromatic N) is 2. The van der Waals surface area contributed by atoms with Gasteiger partial charge in [0.1, 0.15) is 11.6 Å². The number of hydrogen-bond donors (Lipinski definition) is 1. The topological polar surface area (TPSA) is 43.8 Å². The summed E-state index contributed by atoms with van der Waals surface area (Å²) in [6, 6.07) is 13.2. The van der Waals surface area contributed by atoms with Gasteiger partial charge in [0.15, 0.2) is 0 Å². The van der Waals surface area contributed by atoms with Crippen molar-refractivity contribution < 1.29 is 4.39 Å². The Labute approximate surface area is 116 Å². The van der Waals surface area contributed by atoms with Gasteiger partial charge in [0, 0.05) is 25.6 Å². The molecular weight excluding hydrogens is 253 g/mol. The molecule has 0 fully saturated rings. The van der Waals surface area contributed by atoms with E-state index in [9.17, 15) is 4.39 Å². The number of rotatable bonds is 3. The van der Waals surface area contributed by atoms with Crippen LogP contribution in [-0.4, -0.2) is 9.55 Å². The van der Waals surface area contributed by atoms with E-state index >= 15 is 0 Å². The average Bonchev–Trinajstić information content (AvgIpc) is 2.76. The van der Waals surface area contributed by atoms with Crippen LogP contribution in [0.25, 0.3) is 11.0 Å². The molecule has 0 amide bonds. The van der Waals surface area contributed by atoms with Crippen LogP contribution < -0.4 is 5.73 Å². The van der Waals surface area contributed by atoms with Crippen molar-refractivity contribution in [3.63, 3.8) is 0 Å². The van der Waals surface area contributed by atoms with Crippen molar-refractivity contribution in [1.29, 1.82) is 0 Å². The number of hydrogen-bond acceptors (Lipinski definition) is 2. The van der Waals surface area contributed by atoms with Crippen LogP contribution in [0.4, 0.5) is 4.39 Å². The Morgan fingerprint density at radius 2 is 2.00 bits per heavy atom. The third kappa shape index (κ3) is 2.18. The van der Waals surface area contributed by atoms with Crippen LogP contribution in [0.3, 0.4) is 0 Å². The van der Waals surface area contributed by atoms with Crippen LogP contribution in [0.15, 0.2) is 42.5 Å². The molecule has 3 aromatic rings. The third-order valence-corrected chi connectivity index (χ3v) is 3.58. The lowest BCUT2D eigenvalue weighted by Crippen LogP contribution is -2.03. The molecule has 0 aliphatic rings. The molecule has 0 saturated carbocycles. The highest BCUT2D eigenvalue weighted by Gasteiger charge is 2.09. The Kier molecular flexibility index (Phi) is 3.24. The summed E-state index contributed by atoms with van der Waals surface area (Å²) in [6.45, 7) is 0.221. The Bertz CT molecular complexity index is 762. The first-order valence-electron chi connectivity index (χ1n) is 6.56. The number of aromatic nitrogens is 2. The molecule has 4 heteroatoms. The molecular formula is C16H16FN3. The highest BCUT2D eigenvalue weighted by atomic mass is 19.1. The largest absolute Gasteiger partial charge is 0.331 e. The molecule has 0 radical (unpaired) electrons. The number of aryl methyl sites for hydroxylation is 1. The molecule has 0 saturated heterocycles. The van der Waals surface area contributed by atoms with Gasteiger partial charge < -0.3 is 10.3 Å². The van der Waals surface area contributed by atoms with E-state index in [0.717, 1.165) is 22.4 Å². The van der Waals surface area contributed by atoms with Crippen molar-refractivity contribution in [3.8, 4) is 0 Å². The third-order valence-electron chi connectivity index (χ3n) is 3.58. The monoisotopic (exact) mass is 269 g/mol. The summed E-state index contributed by atoms with van der Waals surface area (Å²) >= 11 is 0. The standard InChI is InChI=1S/C16H16FN3/c1-20-15-5-3-2-4-14(15)19-16(20)9-11-6-7-12(10-18)13(17)8-11/h2-8H,9-10,18H2,1H3. The predicted octanol–water partition coefficient (Wildman–Crippen LogP) is 2.76. The molecule has 0 atom stereocenters. The minimum Gasteiger partial charge on any atom is -0.331 e. The Hall–Kier alpha value is -2.20. The number of halogens is 1. The van der Waals surface area contributed by atoms with Crippen molar-refractivity contribution in [1.82, 2.24) is 9.55 Å². The first-order chi connectivity index (χ1) is 9.69. The van der Waals surface area contributed by atoms with Gasteiger partial charge in [0.2, 0.25) is 0 Å². The van der Waals surface area contributed by atoms with Crippen LogP contribution in [0.2, 0.25) is 0 Å². The van der Waals surface area contributed by atoms with Gasteiger partial charge in [-0.15, -0.1) is 0 Å². The van der Waals surface area contributed by atoms with Crippen molar-refractivity contribution in [2.24, 2.45) is 12.8 Å². The minimum absolute atomic E-state index is 0.221. The summed E-state index contributed by atoms with van der Waals surface area (Å²) in [5.74, 6) is 0.676. The van der Waals surface area contributed by atoms with E-state index in [-0.39, 0.29) is 12.4 Å². The predicted molar refractivity (Wildman–Crippen MR) is 77.8 cm³/mol. The van der Waals surface area contributed by atoms with Crippen molar-refractivity contribution in [3.05, 3.63) is 65.2 Å². The van der Waals surface area contributed by atoms with Gasteiger partial charge in [0.05, 0.1) is 11.0 Å². The van der Waals surface area contributed by atoms with Gasteiger partial charge in [-0.1, -0.05) is 24.3 Å². The van der Waals surface area contributed by atoms with Crippen LogP contribution in [0.1, 0.15) is 17.0 Å². The summed E-state index contributed by atoms with van der Waals surface area (Å²) in [5, 5.41) is 0. The van der Waals surface area contributed by atoms with Crippen molar-refractivity contribution in [2.75, 3.05) is 0 Å². The summed E-state index contributed by atoms with van der Waals surface area (Å²) in [5.41, 5.74) is 8.96. The summed E-state index contributed by atoms with van der Waals surface area (Å²) in [6.07, 6.45) is 0.604. The number of benzene rings is 2. The van der Waals surface area contributed by atoms with Crippen LogP contribution in [0, 0.1) is 5.82 Å². The number of para-hydroxylation sites is 2. The number of nitrogens with two attached hydrogens (primary N) is 1. The van der Waals surface area contributed by atoms with Crippen molar-refractivity contribution >= 4 is 11.0 Å². The fourth-order valence-electron chi connectivity index (χ4n) is 2.40. The smallest absolute Gasteiger partial charge is 0.127 e. The second kappa shape index (κ2) is 5.06. The van der Waals surface area contributed by atoms with E-state index < -0.39 is 0 Å². The highest BCUT2D eigenvalue weighted by Crippen LogP contribution is 2.18. The van der Waals surface area contributed by atoms with E-state index in [1.165, 1.54) is 0 Å². The molecule has 0 aliphatic carbocycles. The maximum Gasteiger partial charge on any atom is 0.127 e. The Morgan fingerprint density at radius 3 is 2.70 bits per heavy atom. The lowest BCUT2D eigenvalue weighted by Gasteiger charge is -2.05. The van der Waals surface area contributed by atoms with Crippen LogP contribution in [0.5, 0.6) is 0 Å². The molecule has 3 nitrogen and oxygen atoms in total. The Balaban J connectivity index is 1.97. The zero-order valence-corrected chi connectivity index (χ0v) is 11.3. The average molecular weight is 269 g/mol. The second-order valence-electron chi connectivity index (χ2n) is 4.88. The van der Waals surface area contributed by atoms with Gasteiger partial charge in [-0.25, -0.2) is 9.37 Å². The lowest BCUT2D eigenvalue weighted by atomic mass is 10.1. The van der Waals surface area contributed by atoms with E-state index in [1.54, 1.807) is 12.1 Å². The van der Waals surface area contributed by atoms with Crippen LogP contribution >= 0.6 is 0 Å². The molecule has 102 valence electrons. The number of imidazole rings is 1. The fraction of sp³-hybridized carbons (Fsp3) is 0.188. The molecule has 1 aromatic heterocycles. The van der Waals surface area contributed by atoms with Crippen LogP contribution in [-0.2, 0) is 20.0 Å². The van der Waals surface area contributed by atoms with E-state index in [0.29, 0.717) is 12.0 Å². The molecule has 0 bridgehead atoms. The first-order valence-corrected chi connectivity index (χ1v) is 6.56. The highest BCUT2D eigenvalue weighted by molar-refractivity contribution is 5.75. The normalized spacial score (nSPS) is 11.2. The minimum atomic E-state index is -0.247. The first kappa shape index (κ1) is 12.8. The second-order valence-corrected chi connectivity index (χ2v) is 4.88. The molecule has 0 spiro atoms. The zero-order valence-electron chi connectivity index (χ0n) is 11.3. The molecule has 3 rings (SSSR count).